The number of carbonyl (C=O) groups is 1. The normalized spacial score (nSPS) is 19.2. The van der Waals surface area contributed by atoms with Crippen molar-refractivity contribution >= 4 is 22.7 Å². The second-order valence-electron chi connectivity index (χ2n) is 5.05. The van der Waals surface area contributed by atoms with Crippen LogP contribution in [0.3, 0.4) is 0 Å². The van der Waals surface area contributed by atoms with Crippen molar-refractivity contribution in [1.82, 2.24) is 10.6 Å². The molecule has 5 nitrogen and oxygen atoms in total. The number of amides is 1. The van der Waals surface area contributed by atoms with Gasteiger partial charge in [-0.3, -0.25) is 15.2 Å². The van der Waals surface area contributed by atoms with Crippen molar-refractivity contribution in [3.05, 3.63) is 35.6 Å². The molecule has 1 atom stereocenters. The summed E-state index contributed by atoms with van der Waals surface area (Å²) < 4.78 is 5.48. The minimum Gasteiger partial charge on any atom is -0.360 e. The molecule has 0 radical (unpaired) electrons. The van der Waals surface area contributed by atoms with Crippen LogP contribution in [0.4, 0.5) is 10.5 Å². The first-order valence-electron chi connectivity index (χ1n) is 6.59. The highest BCUT2D eigenvalue weighted by Gasteiger charge is 2.39. The Morgan fingerprint density at radius 3 is 3.15 bits per heavy atom. The molecule has 0 bridgehead atoms. The van der Waals surface area contributed by atoms with Crippen LogP contribution >= 0.6 is 11.6 Å². The third-order valence-electron chi connectivity index (χ3n) is 3.96. The number of nitrogens with zero attached hydrogens (tertiary/aromatic N) is 2. The van der Waals surface area contributed by atoms with Crippen LogP contribution in [0.25, 0.3) is 11.3 Å². The number of hydrazine groups is 1. The van der Waals surface area contributed by atoms with Gasteiger partial charge < -0.3 is 4.52 Å². The second-order valence-corrected chi connectivity index (χ2v) is 5.39. The SMILES string of the molecule is O=C(Cl)NN1c2ccccc2-c2noc3c2C1CCC3. The van der Waals surface area contributed by atoms with Gasteiger partial charge in [0, 0.05) is 17.5 Å². The van der Waals surface area contributed by atoms with Crippen molar-refractivity contribution < 1.29 is 9.32 Å². The maximum atomic E-state index is 11.3. The molecule has 0 saturated heterocycles. The molecule has 102 valence electrons. The van der Waals surface area contributed by atoms with Gasteiger partial charge in [0.05, 0.1) is 11.7 Å². The fourth-order valence-corrected chi connectivity index (χ4v) is 3.28. The molecule has 0 fully saturated rings. The summed E-state index contributed by atoms with van der Waals surface area (Å²) in [7, 11) is 0. The molecular weight excluding hydrogens is 278 g/mol. The molecule has 20 heavy (non-hydrogen) atoms. The highest BCUT2D eigenvalue weighted by molar-refractivity contribution is 6.63. The maximum Gasteiger partial charge on any atom is 0.332 e. The van der Waals surface area contributed by atoms with Gasteiger partial charge in [-0.1, -0.05) is 23.4 Å². The fourth-order valence-electron chi connectivity index (χ4n) is 3.19. The molecule has 1 N–H and O–H groups in total. The van der Waals surface area contributed by atoms with Crippen LogP contribution in [0.15, 0.2) is 28.8 Å². The van der Waals surface area contributed by atoms with E-state index in [0.717, 1.165) is 47.5 Å². The van der Waals surface area contributed by atoms with Crippen molar-refractivity contribution in [2.24, 2.45) is 0 Å². The van der Waals surface area contributed by atoms with Crippen molar-refractivity contribution in [2.75, 3.05) is 5.01 Å². The number of aromatic nitrogens is 1. The van der Waals surface area contributed by atoms with E-state index in [2.05, 4.69) is 10.6 Å². The van der Waals surface area contributed by atoms with E-state index in [1.54, 1.807) is 0 Å². The standard InChI is InChI=1S/C14H12ClN3O2/c15-14(19)16-18-9-5-2-1-4-8(9)13-12-10(18)6-3-7-11(12)20-17-13/h1-2,4-5,10H,3,6-7H2,(H,16,19). The number of anilines is 1. The van der Waals surface area contributed by atoms with Crippen LogP contribution in [0.2, 0.25) is 0 Å². The quantitative estimate of drug-likeness (QED) is 0.646. The Kier molecular flexibility index (Phi) is 2.50. The van der Waals surface area contributed by atoms with Gasteiger partial charge in [-0.15, -0.1) is 0 Å². The van der Waals surface area contributed by atoms with E-state index in [1.165, 1.54) is 0 Å². The van der Waals surface area contributed by atoms with Crippen LogP contribution in [0.1, 0.15) is 30.2 Å². The van der Waals surface area contributed by atoms with Gasteiger partial charge >= 0.3 is 5.37 Å². The Morgan fingerprint density at radius 1 is 1.45 bits per heavy atom. The van der Waals surface area contributed by atoms with Crippen LogP contribution in [-0.2, 0) is 6.42 Å². The third kappa shape index (κ3) is 1.56. The Morgan fingerprint density at radius 2 is 2.30 bits per heavy atom. The molecule has 0 spiro atoms. The lowest BCUT2D eigenvalue weighted by atomic mass is 9.85. The molecule has 1 aromatic carbocycles. The van der Waals surface area contributed by atoms with E-state index in [0.29, 0.717) is 0 Å². The van der Waals surface area contributed by atoms with Crippen molar-refractivity contribution in [3.8, 4) is 11.3 Å². The summed E-state index contributed by atoms with van der Waals surface area (Å²) in [6, 6.07) is 7.85. The molecule has 1 aliphatic carbocycles. The van der Waals surface area contributed by atoms with E-state index >= 15 is 0 Å². The lowest BCUT2D eigenvalue weighted by Crippen LogP contribution is -2.45. The smallest absolute Gasteiger partial charge is 0.332 e. The Labute approximate surface area is 120 Å². The number of rotatable bonds is 1. The minimum atomic E-state index is -0.591. The molecule has 1 unspecified atom stereocenters. The third-order valence-corrected chi connectivity index (χ3v) is 4.04. The highest BCUT2D eigenvalue weighted by atomic mass is 35.5. The maximum absolute atomic E-state index is 11.3. The topological polar surface area (TPSA) is 58.4 Å². The zero-order valence-corrected chi connectivity index (χ0v) is 11.4. The largest absolute Gasteiger partial charge is 0.360 e. The second kappa shape index (κ2) is 4.24. The van der Waals surface area contributed by atoms with Crippen LogP contribution in [0.5, 0.6) is 0 Å². The van der Waals surface area contributed by atoms with Crippen molar-refractivity contribution in [1.29, 1.82) is 0 Å². The number of halogens is 1. The Hall–Kier alpha value is -2.01. The summed E-state index contributed by atoms with van der Waals surface area (Å²) in [4.78, 5) is 11.3. The fraction of sp³-hybridized carbons (Fsp3) is 0.286. The first-order valence-corrected chi connectivity index (χ1v) is 6.96. The van der Waals surface area contributed by atoms with Crippen LogP contribution < -0.4 is 10.4 Å². The van der Waals surface area contributed by atoms with Gasteiger partial charge in [0.1, 0.15) is 11.5 Å². The van der Waals surface area contributed by atoms with Crippen LogP contribution in [-0.4, -0.2) is 10.5 Å². The number of aryl methyl sites for hydroxylation is 1. The number of benzene rings is 1. The minimum absolute atomic E-state index is 0.0394. The molecule has 2 heterocycles. The molecule has 4 rings (SSSR count). The van der Waals surface area contributed by atoms with Gasteiger partial charge in [-0.05, 0) is 30.5 Å². The van der Waals surface area contributed by atoms with Gasteiger partial charge in [0.25, 0.3) is 0 Å². The van der Waals surface area contributed by atoms with Crippen molar-refractivity contribution in [2.45, 2.75) is 25.3 Å². The van der Waals surface area contributed by atoms with Gasteiger partial charge in [-0.25, -0.2) is 0 Å². The molecule has 1 amide bonds. The van der Waals surface area contributed by atoms with E-state index in [9.17, 15) is 4.79 Å². The number of hydrogen-bond acceptors (Lipinski definition) is 4. The predicted molar refractivity (Wildman–Crippen MR) is 74.5 cm³/mol. The van der Waals surface area contributed by atoms with E-state index in [1.807, 2.05) is 29.3 Å². The molecule has 2 aliphatic rings. The summed E-state index contributed by atoms with van der Waals surface area (Å²) in [6.45, 7) is 0. The average molecular weight is 290 g/mol. The number of nitrogens with one attached hydrogen (secondary N) is 1. The Balaban J connectivity index is 1.95. The molecule has 2 aromatic rings. The number of hydrogen-bond donors (Lipinski definition) is 1. The number of fused-ring (bicyclic) bond motifs is 2. The van der Waals surface area contributed by atoms with E-state index in [4.69, 9.17) is 16.1 Å². The molecule has 0 saturated carbocycles. The monoisotopic (exact) mass is 289 g/mol. The van der Waals surface area contributed by atoms with Gasteiger partial charge in [0.15, 0.2) is 0 Å². The average Bonchev–Trinajstić information content (AvgIpc) is 2.88. The van der Waals surface area contributed by atoms with Crippen LogP contribution in [0, 0.1) is 0 Å². The summed E-state index contributed by atoms with van der Waals surface area (Å²) in [5, 5.41) is 5.47. The predicted octanol–water partition coefficient (Wildman–Crippen LogP) is 3.40. The summed E-state index contributed by atoms with van der Waals surface area (Å²) in [5.41, 5.74) is 6.56. The summed E-state index contributed by atoms with van der Waals surface area (Å²) in [5.74, 6) is 0.916. The lowest BCUT2D eigenvalue weighted by molar-refractivity contribution is 0.256. The first-order chi connectivity index (χ1) is 9.75. The summed E-state index contributed by atoms with van der Waals surface area (Å²) >= 11 is 5.53. The zero-order chi connectivity index (χ0) is 13.7. The van der Waals surface area contributed by atoms with E-state index in [-0.39, 0.29) is 6.04 Å². The Bertz CT molecular complexity index is 697. The zero-order valence-electron chi connectivity index (χ0n) is 10.6. The molecular formula is C14H12ClN3O2. The van der Waals surface area contributed by atoms with Gasteiger partial charge in [0.2, 0.25) is 0 Å². The summed E-state index contributed by atoms with van der Waals surface area (Å²) in [6.07, 6.45) is 2.83. The highest BCUT2D eigenvalue weighted by Crippen LogP contribution is 2.48. The molecule has 1 aromatic heterocycles. The number of carbonyl (C=O) groups excluding carboxylic acids is 1. The lowest BCUT2D eigenvalue weighted by Gasteiger charge is -2.39. The van der Waals surface area contributed by atoms with E-state index < -0.39 is 5.37 Å². The first kappa shape index (κ1) is 11.8. The molecule has 1 aliphatic heterocycles. The van der Waals surface area contributed by atoms with Crippen molar-refractivity contribution in [3.63, 3.8) is 0 Å². The number of para-hydroxylation sites is 1. The van der Waals surface area contributed by atoms with Gasteiger partial charge in [-0.2, -0.15) is 0 Å². The molecule has 6 heteroatoms.